The minimum atomic E-state index is -0.658. The third-order valence-electron chi connectivity index (χ3n) is 3.27. The molecule has 2 rings (SSSR count). The summed E-state index contributed by atoms with van der Waals surface area (Å²) in [5.74, 6) is -0.996. The number of pyridine rings is 1. The van der Waals surface area contributed by atoms with E-state index in [9.17, 15) is 9.18 Å². The molecule has 1 N–H and O–H groups in total. The molecule has 2 aromatic rings. The molecule has 0 radical (unpaired) electrons. The lowest BCUT2D eigenvalue weighted by molar-refractivity contribution is 0.102. The molecule has 0 fully saturated rings. The van der Waals surface area contributed by atoms with E-state index in [-0.39, 0.29) is 11.5 Å². The van der Waals surface area contributed by atoms with E-state index < -0.39 is 5.95 Å². The van der Waals surface area contributed by atoms with Crippen LogP contribution < -0.4 is 5.32 Å². The molecule has 0 aliphatic heterocycles. The van der Waals surface area contributed by atoms with Gasteiger partial charge in [0.2, 0.25) is 5.95 Å². The average molecular weight is 286 g/mol. The molecule has 0 aliphatic carbocycles. The number of nitrogens with zero attached hydrogens (tertiary/aromatic N) is 1. The maximum Gasteiger partial charge on any atom is 0.255 e. The van der Waals surface area contributed by atoms with Crippen LogP contribution in [0.25, 0.3) is 0 Å². The molecule has 0 bridgehead atoms. The summed E-state index contributed by atoms with van der Waals surface area (Å²) in [6, 6.07) is 10.4. The number of benzene rings is 1. The summed E-state index contributed by atoms with van der Waals surface area (Å²) in [7, 11) is 0. The summed E-state index contributed by atoms with van der Waals surface area (Å²) in [5, 5.41) is 2.75. The number of hydrogen-bond donors (Lipinski definition) is 1. The molecule has 0 aliphatic rings. The summed E-state index contributed by atoms with van der Waals surface area (Å²) in [5.41, 5.74) is 2.22. The summed E-state index contributed by atoms with van der Waals surface area (Å²) in [6.45, 7) is 2.18. The molecular formula is C17H19FN2O. The molecule has 1 aromatic heterocycles. The van der Waals surface area contributed by atoms with Crippen molar-refractivity contribution in [3.8, 4) is 0 Å². The third-order valence-corrected chi connectivity index (χ3v) is 3.27. The molecule has 1 heterocycles. The molecule has 0 spiro atoms. The molecule has 3 nitrogen and oxygen atoms in total. The molecule has 4 heteroatoms. The number of rotatable bonds is 6. The summed E-state index contributed by atoms with van der Waals surface area (Å²) < 4.78 is 13.0. The minimum absolute atomic E-state index is 0.259. The second kappa shape index (κ2) is 7.53. The standard InChI is InChI=1S/C17H19FN2O/c1-2-3-4-5-13-6-8-15(9-7-13)20-17(21)14-10-11-19-16(18)12-14/h6-12H,2-5H2,1H3,(H,20,21). The van der Waals surface area contributed by atoms with Gasteiger partial charge in [0.25, 0.3) is 5.91 Å². The Labute approximate surface area is 124 Å². The second-order valence-electron chi connectivity index (χ2n) is 4.98. The quantitative estimate of drug-likeness (QED) is 0.638. The van der Waals surface area contributed by atoms with E-state index in [4.69, 9.17) is 0 Å². The Morgan fingerprint density at radius 3 is 2.62 bits per heavy atom. The van der Waals surface area contributed by atoms with E-state index in [0.29, 0.717) is 5.69 Å². The predicted octanol–water partition coefficient (Wildman–Crippen LogP) is 4.21. The van der Waals surface area contributed by atoms with E-state index in [1.54, 1.807) is 0 Å². The summed E-state index contributed by atoms with van der Waals surface area (Å²) in [4.78, 5) is 15.4. The van der Waals surface area contributed by atoms with Crippen LogP contribution in [0.4, 0.5) is 10.1 Å². The lowest BCUT2D eigenvalue weighted by Gasteiger charge is -2.06. The van der Waals surface area contributed by atoms with Crippen LogP contribution in [0.5, 0.6) is 0 Å². The zero-order valence-corrected chi connectivity index (χ0v) is 12.1. The van der Waals surface area contributed by atoms with E-state index in [1.165, 1.54) is 37.1 Å². The first-order valence-electron chi connectivity index (χ1n) is 7.21. The molecule has 1 aromatic carbocycles. The van der Waals surface area contributed by atoms with Crippen molar-refractivity contribution in [2.24, 2.45) is 0 Å². The van der Waals surface area contributed by atoms with E-state index in [2.05, 4.69) is 17.2 Å². The highest BCUT2D eigenvalue weighted by Gasteiger charge is 2.07. The van der Waals surface area contributed by atoms with Gasteiger partial charge in [0.05, 0.1) is 0 Å². The monoisotopic (exact) mass is 286 g/mol. The fourth-order valence-electron chi connectivity index (χ4n) is 2.08. The number of carbonyl (C=O) groups excluding carboxylic acids is 1. The second-order valence-corrected chi connectivity index (χ2v) is 4.98. The van der Waals surface area contributed by atoms with Crippen molar-refractivity contribution >= 4 is 11.6 Å². The Morgan fingerprint density at radius 2 is 1.95 bits per heavy atom. The number of unbranched alkanes of at least 4 members (excludes halogenated alkanes) is 2. The van der Waals surface area contributed by atoms with Crippen molar-refractivity contribution in [3.05, 3.63) is 59.7 Å². The van der Waals surface area contributed by atoms with Crippen molar-refractivity contribution in [2.75, 3.05) is 5.32 Å². The summed E-state index contributed by atoms with van der Waals surface area (Å²) >= 11 is 0. The highest BCUT2D eigenvalue weighted by atomic mass is 19.1. The Bertz CT molecular complexity index is 596. The van der Waals surface area contributed by atoms with Crippen LogP contribution >= 0.6 is 0 Å². The number of nitrogens with one attached hydrogen (secondary N) is 1. The molecule has 1 amide bonds. The van der Waals surface area contributed by atoms with E-state index in [0.717, 1.165) is 12.5 Å². The molecule has 0 saturated heterocycles. The topological polar surface area (TPSA) is 42.0 Å². The van der Waals surface area contributed by atoms with Gasteiger partial charge in [0.15, 0.2) is 0 Å². The van der Waals surface area contributed by atoms with Crippen molar-refractivity contribution in [2.45, 2.75) is 32.6 Å². The number of aromatic nitrogens is 1. The number of aryl methyl sites for hydroxylation is 1. The minimum Gasteiger partial charge on any atom is -0.322 e. The Morgan fingerprint density at radius 1 is 1.19 bits per heavy atom. The lowest BCUT2D eigenvalue weighted by Crippen LogP contribution is -2.12. The Balaban J connectivity index is 1.95. The first kappa shape index (κ1) is 15.2. The van der Waals surface area contributed by atoms with Gasteiger partial charge in [0.1, 0.15) is 0 Å². The molecular weight excluding hydrogens is 267 g/mol. The SMILES string of the molecule is CCCCCc1ccc(NC(=O)c2ccnc(F)c2)cc1. The first-order valence-corrected chi connectivity index (χ1v) is 7.21. The van der Waals surface area contributed by atoms with Crippen molar-refractivity contribution < 1.29 is 9.18 Å². The fourth-order valence-corrected chi connectivity index (χ4v) is 2.08. The predicted molar refractivity (Wildman–Crippen MR) is 81.8 cm³/mol. The van der Waals surface area contributed by atoms with Gasteiger partial charge in [-0.15, -0.1) is 0 Å². The van der Waals surface area contributed by atoms with Crippen molar-refractivity contribution in [1.29, 1.82) is 0 Å². The molecule has 0 unspecified atom stereocenters. The number of halogens is 1. The number of anilines is 1. The molecule has 0 atom stereocenters. The Hall–Kier alpha value is -2.23. The van der Waals surface area contributed by atoms with Gasteiger partial charge in [-0.25, -0.2) is 4.98 Å². The maximum absolute atomic E-state index is 13.0. The third kappa shape index (κ3) is 4.67. The first-order chi connectivity index (χ1) is 10.2. The zero-order valence-electron chi connectivity index (χ0n) is 12.1. The molecule has 21 heavy (non-hydrogen) atoms. The van der Waals surface area contributed by atoms with E-state index >= 15 is 0 Å². The van der Waals surface area contributed by atoms with Gasteiger partial charge in [-0.1, -0.05) is 31.9 Å². The zero-order chi connectivity index (χ0) is 15.1. The number of carbonyl (C=O) groups is 1. The van der Waals surface area contributed by atoms with Crippen LogP contribution in [-0.4, -0.2) is 10.9 Å². The van der Waals surface area contributed by atoms with Gasteiger partial charge in [-0.2, -0.15) is 4.39 Å². The van der Waals surface area contributed by atoms with Gasteiger partial charge in [0, 0.05) is 23.5 Å². The lowest BCUT2D eigenvalue weighted by atomic mass is 10.1. The van der Waals surface area contributed by atoms with Crippen molar-refractivity contribution in [1.82, 2.24) is 4.98 Å². The fraction of sp³-hybridized carbons (Fsp3) is 0.294. The Kier molecular flexibility index (Phi) is 5.43. The largest absolute Gasteiger partial charge is 0.322 e. The highest BCUT2D eigenvalue weighted by Crippen LogP contribution is 2.13. The molecule has 0 saturated carbocycles. The van der Waals surface area contributed by atoms with Crippen LogP contribution in [0.1, 0.15) is 42.1 Å². The maximum atomic E-state index is 13.0. The number of hydrogen-bond acceptors (Lipinski definition) is 2. The smallest absolute Gasteiger partial charge is 0.255 e. The van der Waals surface area contributed by atoms with Crippen LogP contribution in [0, 0.1) is 5.95 Å². The van der Waals surface area contributed by atoms with Crippen LogP contribution in [0.15, 0.2) is 42.6 Å². The van der Waals surface area contributed by atoms with Gasteiger partial charge in [-0.05, 0) is 36.6 Å². The summed E-state index contributed by atoms with van der Waals surface area (Å²) in [6.07, 6.45) is 5.94. The number of amides is 1. The van der Waals surface area contributed by atoms with Crippen molar-refractivity contribution in [3.63, 3.8) is 0 Å². The van der Waals surface area contributed by atoms with Gasteiger partial charge >= 0.3 is 0 Å². The van der Waals surface area contributed by atoms with E-state index in [1.807, 2.05) is 24.3 Å². The normalized spacial score (nSPS) is 10.4. The average Bonchev–Trinajstić information content (AvgIpc) is 2.49. The van der Waals surface area contributed by atoms with Crippen LogP contribution in [0.3, 0.4) is 0 Å². The van der Waals surface area contributed by atoms with Crippen LogP contribution in [-0.2, 0) is 6.42 Å². The van der Waals surface area contributed by atoms with Gasteiger partial charge < -0.3 is 5.32 Å². The highest BCUT2D eigenvalue weighted by molar-refractivity contribution is 6.04. The molecule has 110 valence electrons. The van der Waals surface area contributed by atoms with Gasteiger partial charge in [-0.3, -0.25) is 4.79 Å². The van der Waals surface area contributed by atoms with Crippen LogP contribution in [0.2, 0.25) is 0 Å².